The molecule has 0 bridgehead atoms. The molecule has 6 heteroatoms. The first-order valence-corrected chi connectivity index (χ1v) is 9.98. The van der Waals surface area contributed by atoms with E-state index in [1.165, 1.54) is 0 Å². The summed E-state index contributed by atoms with van der Waals surface area (Å²) in [7, 11) is 1.68. The molecule has 6 nitrogen and oxygen atoms in total. The molecule has 2 atom stereocenters. The van der Waals surface area contributed by atoms with Gasteiger partial charge in [0.15, 0.2) is 0 Å². The van der Waals surface area contributed by atoms with E-state index in [4.69, 9.17) is 10.5 Å². The Morgan fingerprint density at radius 1 is 1.17 bits per heavy atom. The maximum absolute atomic E-state index is 11.2. The third kappa shape index (κ3) is 5.37. The summed E-state index contributed by atoms with van der Waals surface area (Å²) >= 11 is 0. The lowest BCUT2D eigenvalue weighted by molar-refractivity contribution is -0.137. The quantitative estimate of drug-likeness (QED) is 0.397. The topological polar surface area (TPSA) is 100 Å². The number of nitrogens with two attached hydrogens (primary N) is 1. The van der Waals surface area contributed by atoms with Crippen LogP contribution in [0, 0.1) is 0 Å². The molecule has 0 aliphatic rings. The van der Waals surface area contributed by atoms with Gasteiger partial charge in [-0.15, -0.1) is 0 Å². The third-order valence-corrected chi connectivity index (χ3v) is 5.32. The van der Waals surface area contributed by atoms with Gasteiger partial charge >= 0.3 is 5.97 Å². The molecule has 0 saturated heterocycles. The van der Waals surface area contributed by atoms with Crippen LogP contribution in [0.25, 0.3) is 10.9 Å². The van der Waals surface area contributed by atoms with Gasteiger partial charge in [0, 0.05) is 42.1 Å². The summed E-state index contributed by atoms with van der Waals surface area (Å²) < 4.78 is 5.44. The summed E-state index contributed by atoms with van der Waals surface area (Å²) in [5.74, 6) is 0.0808. The Labute approximate surface area is 171 Å². The molecule has 0 fully saturated rings. The van der Waals surface area contributed by atoms with Crippen LogP contribution in [0.3, 0.4) is 0 Å². The number of para-hydroxylation sites is 2. The van der Waals surface area contributed by atoms with E-state index in [9.17, 15) is 9.90 Å². The van der Waals surface area contributed by atoms with Crippen molar-refractivity contribution in [2.24, 2.45) is 5.73 Å². The van der Waals surface area contributed by atoms with Gasteiger partial charge in [-0.2, -0.15) is 0 Å². The average Bonchev–Trinajstić information content (AvgIpc) is 3.17. The first-order chi connectivity index (χ1) is 14.1. The van der Waals surface area contributed by atoms with Crippen molar-refractivity contribution in [3.63, 3.8) is 0 Å². The van der Waals surface area contributed by atoms with Gasteiger partial charge in [0.1, 0.15) is 5.75 Å². The zero-order valence-corrected chi connectivity index (χ0v) is 16.7. The fourth-order valence-corrected chi connectivity index (χ4v) is 3.77. The summed E-state index contributed by atoms with van der Waals surface area (Å²) in [4.78, 5) is 14.5. The number of hydrogen-bond acceptors (Lipinski definition) is 4. The van der Waals surface area contributed by atoms with E-state index >= 15 is 0 Å². The highest BCUT2D eigenvalue weighted by molar-refractivity contribution is 5.83. The van der Waals surface area contributed by atoms with Crippen LogP contribution >= 0.6 is 0 Å². The van der Waals surface area contributed by atoms with Crippen LogP contribution in [0.15, 0.2) is 54.7 Å². The first kappa shape index (κ1) is 20.9. The minimum Gasteiger partial charge on any atom is -0.496 e. The molecule has 0 aliphatic carbocycles. The van der Waals surface area contributed by atoms with Gasteiger partial charge in [0.05, 0.1) is 7.11 Å². The molecule has 1 unspecified atom stereocenters. The van der Waals surface area contributed by atoms with Crippen molar-refractivity contribution in [2.75, 3.05) is 13.7 Å². The lowest BCUT2D eigenvalue weighted by Gasteiger charge is -2.25. The zero-order valence-electron chi connectivity index (χ0n) is 16.7. The standard InChI is InChI=1S/C23H29N3O3/c1-29-22-9-5-2-6-16(22)10-11-17(14-24)26-21(12-13-23(27)28)19-15-25-20-8-4-3-7-18(19)20/h2-9,15,17,21,25-26H,10-14,24H2,1H3,(H,27,28)/t17?,21-/m0/s1. The van der Waals surface area contributed by atoms with Crippen molar-refractivity contribution in [1.29, 1.82) is 0 Å². The lowest BCUT2D eigenvalue weighted by Crippen LogP contribution is -2.39. The predicted octanol–water partition coefficient (Wildman–Crippen LogP) is 3.63. The Morgan fingerprint density at radius 2 is 1.93 bits per heavy atom. The number of ether oxygens (including phenoxy) is 1. The van der Waals surface area contributed by atoms with E-state index < -0.39 is 5.97 Å². The van der Waals surface area contributed by atoms with Crippen molar-refractivity contribution >= 4 is 16.9 Å². The number of aromatic nitrogens is 1. The van der Waals surface area contributed by atoms with Crippen LogP contribution in [0.2, 0.25) is 0 Å². The van der Waals surface area contributed by atoms with Gasteiger partial charge in [-0.1, -0.05) is 36.4 Å². The van der Waals surface area contributed by atoms with Crippen molar-refractivity contribution < 1.29 is 14.6 Å². The Kier molecular flexibility index (Phi) is 7.27. The van der Waals surface area contributed by atoms with Crippen LogP contribution in [-0.4, -0.2) is 35.8 Å². The number of methoxy groups -OCH3 is 1. The third-order valence-electron chi connectivity index (χ3n) is 5.32. The van der Waals surface area contributed by atoms with Gasteiger partial charge in [0.2, 0.25) is 0 Å². The van der Waals surface area contributed by atoms with Gasteiger partial charge in [-0.3, -0.25) is 4.79 Å². The molecule has 0 saturated carbocycles. The number of fused-ring (bicyclic) bond motifs is 1. The van der Waals surface area contributed by atoms with E-state index in [0.29, 0.717) is 13.0 Å². The number of hydrogen-bond donors (Lipinski definition) is 4. The molecule has 0 aliphatic heterocycles. The summed E-state index contributed by atoms with van der Waals surface area (Å²) in [5, 5.41) is 13.9. The molecule has 5 N–H and O–H groups in total. The molecule has 0 amide bonds. The molecule has 3 aromatic rings. The SMILES string of the molecule is COc1ccccc1CCC(CN)N[C@@H](CCC(=O)O)c1c[nH]c2ccccc12. The number of aliphatic carboxylic acids is 1. The van der Waals surface area contributed by atoms with Crippen LogP contribution in [0.5, 0.6) is 5.75 Å². The fourth-order valence-electron chi connectivity index (χ4n) is 3.77. The minimum absolute atomic E-state index is 0.0624. The maximum Gasteiger partial charge on any atom is 0.303 e. The zero-order chi connectivity index (χ0) is 20.6. The summed E-state index contributed by atoms with van der Waals surface area (Å²) in [6, 6.07) is 16.0. The first-order valence-electron chi connectivity index (χ1n) is 9.98. The maximum atomic E-state index is 11.2. The molecule has 29 heavy (non-hydrogen) atoms. The summed E-state index contributed by atoms with van der Waals surface area (Å²) in [6.07, 6.45) is 4.24. The average molecular weight is 396 g/mol. The molecular weight excluding hydrogens is 366 g/mol. The van der Waals surface area contributed by atoms with Crippen molar-refractivity contribution in [3.8, 4) is 5.75 Å². The van der Waals surface area contributed by atoms with Gasteiger partial charge in [-0.05, 0) is 42.5 Å². The van der Waals surface area contributed by atoms with E-state index in [1.54, 1.807) is 7.11 Å². The Bertz CT molecular complexity index is 938. The van der Waals surface area contributed by atoms with Crippen LogP contribution in [0.1, 0.15) is 36.4 Å². The monoisotopic (exact) mass is 395 g/mol. The van der Waals surface area contributed by atoms with Gasteiger partial charge in [0.25, 0.3) is 0 Å². The number of H-pyrrole nitrogens is 1. The van der Waals surface area contributed by atoms with Gasteiger partial charge < -0.3 is 25.9 Å². The predicted molar refractivity (Wildman–Crippen MR) is 115 cm³/mol. The number of carboxylic acid groups (broad SMARTS) is 1. The Morgan fingerprint density at radius 3 is 2.69 bits per heavy atom. The molecule has 2 aromatic carbocycles. The number of benzene rings is 2. The highest BCUT2D eigenvalue weighted by atomic mass is 16.5. The largest absolute Gasteiger partial charge is 0.496 e. The summed E-state index contributed by atoms with van der Waals surface area (Å²) in [5.41, 5.74) is 9.33. The molecule has 3 rings (SSSR count). The number of rotatable bonds is 11. The van der Waals surface area contributed by atoms with Crippen LogP contribution in [0.4, 0.5) is 0 Å². The highest BCUT2D eigenvalue weighted by Gasteiger charge is 2.20. The molecular formula is C23H29N3O3. The second kappa shape index (κ2) is 10.1. The van der Waals surface area contributed by atoms with Gasteiger partial charge in [-0.25, -0.2) is 0 Å². The van der Waals surface area contributed by atoms with Crippen LogP contribution < -0.4 is 15.8 Å². The van der Waals surface area contributed by atoms with Crippen molar-refractivity contribution in [3.05, 3.63) is 65.9 Å². The van der Waals surface area contributed by atoms with E-state index in [2.05, 4.69) is 22.4 Å². The summed E-state index contributed by atoms with van der Waals surface area (Å²) in [6.45, 7) is 0.473. The number of aromatic amines is 1. The number of aryl methyl sites for hydroxylation is 1. The Hall–Kier alpha value is -2.83. The number of nitrogens with one attached hydrogen (secondary N) is 2. The lowest BCUT2D eigenvalue weighted by atomic mass is 9.98. The Balaban J connectivity index is 1.75. The smallest absolute Gasteiger partial charge is 0.303 e. The molecule has 1 heterocycles. The number of carbonyl (C=O) groups is 1. The van der Waals surface area contributed by atoms with Crippen molar-refractivity contribution in [2.45, 2.75) is 37.8 Å². The van der Waals surface area contributed by atoms with E-state index in [-0.39, 0.29) is 18.5 Å². The number of carboxylic acids is 1. The van der Waals surface area contributed by atoms with E-state index in [1.807, 2.05) is 42.6 Å². The molecule has 0 radical (unpaired) electrons. The van der Waals surface area contributed by atoms with Crippen molar-refractivity contribution in [1.82, 2.24) is 10.3 Å². The second-order valence-electron chi connectivity index (χ2n) is 7.22. The molecule has 154 valence electrons. The minimum atomic E-state index is -0.796. The molecule has 0 spiro atoms. The van der Waals surface area contributed by atoms with Crippen LogP contribution in [-0.2, 0) is 11.2 Å². The fraction of sp³-hybridized carbons (Fsp3) is 0.348. The molecule has 1 aromatic heterocycles. The highest BCUT2D eigenvalue weighted by Crippen LogP contribution is 2.28. The normalized spacial score (nSPS) is 13.3. The second-order valence-corrected chi connectivity index (χ2v) is 7.22. The van der Waals surface area contributed by atoms with E-state index in [0.717, 1.165) is 40.6 Å².